The Morgan fingerprint density at radius 3 is 2.67 bits per heavy atom. The average molecular weight is 596 g/mol. The number of rotatable bonds is 5. The molecule has 1 aliphatic heterocycles. The number of nitro benzene ring substituents is 1. The van der Waals surface area contributed by atoms with Crippen LogP contribution in [-0.2, 0) is 20.4 Å². The van der Waals surface area contributed by atoms with E-state index in [1.807, 2.05) is 6.07 Å². The number of fused-ring (bicyclic) bond motifs is 2. The van der Waals surface area contributed by atoms with E-state index in [2.05, 4.69) is 25.6 Å². The molecule has 0 spiro atoms. The number of anilines is 2. The first-order chi connectivity index (χ1) is 18.0. The number of nitro groups is 1. The van der Waals surface area contributed by atoms with Gasteiger partial charge in [0.25, 0.3) is 26.6 Å². The number of benzene rings is 2. The number of nitrogens with one attached hydrogen (secondary N) is 3. The molecule has 0 saturated carbocycles. The molecule has 5 rings (SSSR count). The summed E-state index contributed by atoms with van der Waals surface area (Å²) in [4.78, 5) is 43.9. The zero-order chi connectivity index (χ0) is 27.4. The predicted octanol–water partition coefficient (Wildman–Crippen LogP) is 2.75. The fraction of sp³-hybridized carbons (Fsp3) is 0.0909. The second-order valence-corrected chi connectivity index (χ2v) is 10.2. The third-order valence-corrected chi connectivity index (χ3v) is 6.53. The van der Waals surface area contributed by atoms with E-state index in [0.29, 0.717) is 28.2 Å². The van der Waals surface area contributed by atoms with Crippen molar-refractivity contribution in [1.82, 2.24) is 20.3 Å². The molecular weight excluding hydrogens is 577 g/mol. The second-order valence-electron chi connectivity index (χ2n) is 7.70. The Morgan fingerprint density at radius 1 is 1.23 bits per heavy atom. The molecule has 2 amide bonds. The number of hydrogen-bond acceptors (Lipinski definition) is 10. The summed E-state index contributed by atoms with van der Waals surface area (Å²) in [7, 11) is 0.928. The summed E-state index contributed by atoms with van der Waals surface area (Å²) < 4.78 is 26.9. The lowest BCUT2D eigenvalue weighted by atomic mass is 10.1. The number of ether oxygens (including phenoxy) is 1. The molecule has 3 heterocycles. The van der Waals surface area contributed by atoms with Crippen molar-refractivity contribution in [2.24, 2.45) is 0 Å². The van der Waals surface area contributed by atoms with Crippen LogP contribution in [-0.4, -0.2) is 46.7 Å². The fourth-order valence-corrected chi connectivity index (χ4v) is 4.48. The first-order valence-corrected chi connectivity index (χ1v) is 12.9. The molecule has 0 unspecified atom stereocenters. The molecule has 0 aliphatic carbocycles. The number of nitrogen functional groups attached to an aromatic ring is 1. The Morgan fingerprint density at radius 2 is 1.97 bits per heavy atom. The lowest BCUT2D eigenvalue weighted by Gasteiger charge is -2.18. The average Bonchev–Trinajstić information content (AvgIpc) is 3.27. The zero-order valence-corrected chi connectivity index (χ0v) is 22.0. The quantitative estimate of drug-likeness (QED) is 0.150. The minimum Gasteiger partial charge on any atom is -0.482 e. The topological polar surface area (TPSA) is 212 Å². The molecule has 0 radical (unpaired) electrons. The molecule has 204 valence electrons. The van der Waals surface area contributed by atoms with Crippen LogP contribution in [0, 0.1) is 10.1 Å². The fourth-order valence-electron chi connectivity index (χ4n) is 3.45. The standard InChI is InChI=1S/C16H14N6O3.C6H4ClNO4S.ClH/c17-9-5-18-14-13(9)20-7-21-15(14)16(24)19-4-8-1-2-11-10(3-8)22-12(23)6-25-11;7-13(11,12)6-4-2-1-3-5(6)8(9)10;/h1-3,5,7,18H,4,6,17H2,(H,19,24)(H,22,23);1-4H;1H. The highest BCUT2D eigenvalue weighted by molar-refractivity contribution is 8.13. The van der Waals surface area contributed by atoms with Crippen LogP contribution in [0.2, 0.25) is 0 Å². The molecule has 2 aromatic carbocycles. The van der Waals surface area contributed by atoms with Crippen molar-refractivity contribution in [2.75, 3.05) is 17.7 Å². The van der Waals surface area contributed by atoms with E-state index < -0.39 is 24.6 Å². The second kappa shape index (κ2) is 11.9. The maximum Gasteiger partial charge on any atom is 0.289 e. The van der Waals surface area contributed by atoms with Gasteiger partial charge in [-0.2, -0.15) is 0 Å². The maximum atomic E-state index is 12.4. The van der Waals surface area contributed by atoms with Crippen molar-refractivity contribution in [3.8, 4) is 5.75 Å². The van der Waals surface area contributed by atoms with Crippen LogP contribution in [0.3, 0.4) is 0 Å². The van der Waals surface area contributed by atoms with Crippen molar-refractivity contribution in [3.05, 3.63) is 76.4 Å². The first kappa shape index (κ1) is 29.1. The summed E-state index contributed by atoms with van der Waals surface area (Å²) in [6.07, 6.45) is 2.87. The lowest BCUT2D eigenvalue weighted by Crippen LogP contribution is -2.26. The Bertz CT molecular complexity index is 1680. The number of para-hydroxylation sites is 1. The molecule has 0 atom stereocenters. The van der Waals surface area contributed by atoms with Gasteiger partial charge in [-0.05, 0) is 23.8 Å². The number of nitrogens with zero attached hydrogens (tertiary/aromatic N) is 3. The third kappa shape index (κ3) is 6.70. The van der Waals surface area contributed by atoms with Crippen LogP contribution in [0.15, 0.2) is 59.9 Å². The molecule has 14 nitrogen and oxygen atoms in total. The van der Waals surface area contributed by atoms with Crippen LogP contribution >= 0.6 is 23.1 Å². The van der Waals surface area contributed by atoms with Gasteiger partial charge in [-0.15, -0.1) is 12.4 Å². The van der Waals surface area contributed by atoms with Gasteiger partial charge in [0.15, 0.2) is 17.2 Å². The molecule has 17 heteroatoms. The summed E-state index contributed by atoms with van der Waals surface area (Å²) in [5.41, 5.74) is 8.34. The molecule has 0 bridgehead atoms. The number of hydrogen-bond donors (Lipinski definition) is 4. The zero-order valence-electron chi connectivity index (χ0n) is 19.6. The van der Waals surface area contributed by atoms with Crippen molar-refractivity contribution >= 4 is 72.1 Å². The summed E-state index contributed by atoms with van der Waals surface area (Å²) in [5, 5.41) is 15.9. The van der Waals surface area contributed by atoms with E-state index >= 15 is 0 Å². The van der Waals surface area contributed by atoms with E-state index in [4.69, 9.17) is 21.2 Å². The van der Waals surface area contributed by atoms with Crippen molar-refractivity contribution in [3.63, 3.8) is 0 Å². The molecule has 0 saturated heterocycles. The van der Waals surface area contributed by atoms with Crippen molar-refractivity contribution in [1.29, 1.82) is 0 Å². The van der Waals surface area contributed by atoms with Crippen molar-refractivity contribution < 1.29 is 27.7 Å². The molecule has 2 aromatic heterocycles. The van der Waals surface area contributed by atoms with Gasteiger partial charge in [0.1, 0.15) is 17.6 Å². The summed E-state index contributed by atoms with van der Waals surface area (Å²) >= 11 is 0. The van der Waals surface area contributed by atoms with E-state index in [1.165, 1.54) is 18.5 Å². The number of carbonyl (C=O) groups excluding carboxylic acids is 2. The highest BCUT2D eigenvalue weighted by Gasteiger charge is 2.22. The van der Waals surface area contributed by atoms with Gasteiger partial charge in [-0.3, -0.25) is 19.7 Å². The Labute approximate surface area is 230 Å². The normalized spacial score (nSPS) is 12.1. The van der Waals surface area contributed by atoms with Crippen molar-refractivity contribution in [2.45, 2.75) is 11.4 Å². The van der Waals surface area contributed by atoms with Gasteiger partial charge >= 0.3 is 0 Å². The SMILES string of the molecule is Cl.Nc1c[nH]c2c(C(=O)NCc3ccc4c(c3)NC(=O)CO4)ncnc12.O=[N+]([O-])c1ccccc1S(=O)(=O)Cl. The largest absolute Gasteiger partial charge is 0.482 e. The number of nitrogens with two attached hydrogens (primary N) is 1. The minimum atomic E-state index is -4.05. The maximum absolute atomic E-state index is 12.4. The molecule has 1 aliphatic rings. The Balaban J connectivity index is 0.000000256. The van der Waals surface area contributed by atoms with Gasteiger partial charge < -0.3 is 26.1 Å². The lowest BCUT2D eigenvalue weighted by molar-refractivity contribution is -0.387. The Kier molecular flexibility index (Phi) is 8.90. The monoisotopic (exact) mass is 595 g/mol. The first-order valence-electron chi connectivity index (χ1n) is 10.6. The van der Waals surface area contributed by atoms with Gasteiger partial charge in [0.2, 0.25) is 0 Å². The van der Waals surface area contributed by atoms with E-state index in [-0.39, 0.29) is 43.1 Å². The highest BCUT2D eigenvalue weighted by atomic mass is 35.7. The number of H-pyrrole nitrogens is 1. The minimum absolute atomic E-state index is 0. The van der Waals surface area contributed by atoms with Crippen LogP contribution in [0.4, 0.5) is 17.1 Å². The molecule has 0 fully saturated rings. The molecule has 39 heavy (non-hydrogen) atoms. The highest BCUT2D eigenvalue weighted by Crippen LogP contribution is 2.28. The summed E-state index contributed by atoms with van der Waals surface area (Å²) in [6.45, 7) is 0.274. The number of amides is 2. The number of carbonyl (C=O) groups is 2. The van der Waals surface area contributed by atoms with Crippen LogP contribution in [0.5, 0.6) is 5.75 Å². The molecule has 5 N–H and O–H groups in total. The Hall–Kier alpha value is -4.47. The number of aromatic nitrogens is 3. The molecule has 4 aromatic rings. The van der Waals surface area contributed by atoms with Crippen LogP contribution in [0.1, 0.15) is 16.1 Å². The van der Waals surface area contributed by atoms with E-state index in [1.54, 1.807) is 18.3 Å². The van der Waals surface area contributed by atoms with E-state index in [9.17, 15) is 28.1 Å². The third-order valence-electron chi connectivity index (χ3n) is 5.16. The van der Waals surface area contributed by atoms with Crippen LogP contribution < -0.4 is 21.1 Å². The smallest absolute Gasteiger partial charge is 0.289 e. The van der Waals surface area contributed by atoms with Gasteiger partial charge in [0.05, 0.1) is 21.8 Å². The molecular formula is C22H19Cl2N7O7S. The summed E-state index contributed by atoms with van der Waals surface area (Å²) in [5.74, 6) is 0.0442. The number of halogens is 2. The van der Waals surface area contributed by atoms with Gasteiger partial charge in [-0.25, -0.2) is 18.4 Å². The van der Waals surface area contributed by atoms with Crippen LogP contribution in [0.25, 0.3) is 11.0 Å². The van der Waals surface area contributed by atoms with Gasteiger partial charge in [-0.1, -0.05) is 18.2 Å². The van der Waals surface area contributed by atoms with E-state index in [0.717, 1.165) is 17.7 Å². The number of aromatic amines is 1. The predicted molar refractivity (Wildman–Crippen MR) is 143 cm³/mol. The van der Waals surface area contributed by atoms with Gasteiger partial charge in [0, 0.05) is 29.5 Å². The summed E-state index contributed by atoms with van der Waals surface area (Å²) in [6, 6.07) is 10.2.